The Balaban J connectivity index is 1.83. The summed E-state index contributed by atoms with van der Waals surface area (Å²) in [6.07, 6.45) is 8.16. The van der Waals surface area contributed by atoms with E-state index in [1.807, 2.05) is 6.07 Å². The summed E-state index contributed by atoms with van der Waals surface area (Å²) in [5.41, 5.74) is 2.43. The van der Waals surface area contributed by atoms with E-state index in [9.17, 15) is 4.39 Å². The van der Waals surface area contributed by atoms with Crippen LogP contribution < -0.4 is 4.90 Å². The first-order valence-corrected chi connectivity index (χ1v) is 8.45. The van der Waals surface area contributed by atoms with E-state index in [0.717, 1.165) is 24.3 Å². The molecule has 1 aliphatic heterocycles. The maximum atomic E-state index is 13.9. The number of anilines is 1. The van der Waals surface area contributed by atoms with Crippen molar-refractivity contribution >= 4 is 21.6 Å². The van der Waals surface area contributed by atoms with Crippen LogP contribution in [0.5, 0.6) is 0 Å². The van der Waals surface area contributed by atoms with Gasteiger partial charge in [0.15, 0.2) is 0 Å². The smallest absolute Gasteiger partial charge is 0.129 e. The fraction of sp³-hybridized carbons (Fsp3) is 0.625. The van der Waals surface area contributed by atoms with Gasteiger partial charge >= 0.3 is 0 Å². The second-order valence-corrected chi connectivity index (χ2v) is 6.66. The molecule has 104 valence electrons. The molecule has 0 N–H and O–H groups in total. The summed E-state index contributed by atoms with van der Waals surface area (Å²) in [4.78, 5) is 2.41. The van der Waals surface area contributed by atoms with E-state index in [-0.39, 0.29) is 5.82 Å². The molecule has 0 bridgehead atoms. The second kappa shape index (κ2) is 5.43. The molecule has 19 heavy (non-hydrogen) atoms. The van der Waals surface area contributed by atoms with Crippen LogP contribution in [0.3, 0.4) is 0 Å². The van der Waals surface area contributed by atoms with Crippen LogP contribution in [0.15, 0.2) is 18.2 Å². The van der Waals surface area contributed by atoms with Crippen LogP contribution in [0.1, 0.15) is 44.1 Å². The molecule has 2 aliphatic rings. The van der Waals surface area contributed by atoms with Gasteiger partial charge in [-0.15, -0.1) is 0 Å². The maximum Gasteiger partial charge on any atom is 0.129 e. The van der Waals surface area contributed by atoms with Crippen LogP contribution in [0.4, 0.5) is 10.1 Å². The fourth-order valence-electron chi connectivity index (χ4n) is 3.83. The van der Waals surface area contributed by atoms with Crippen molar-refractivity contribution < 1.29 is 4.39 Å². The molecule has 0 aromatic heterocycles. The molecule has 0 radical (unpaired) electrons. The number of hydrogen-bond donors (Lipinski definition) is 0. The highest BCUT2D eigenvalue weighted by Gasteiger charge is 2.39. The average Bonchev–Trinajstić information content (AvgIpc) is 2.83. The average molecular weight is 326 g/mol. The number of nitrogens with zero attached hydrogens (tertiary/aromatic N) is 1. The van der Waals surface area contributed by atoms with Crippen molar-refractivity contribution in [2.45, 2.75) is 43.9 Å². The Morgan fingerprint density at radius 3 is 2.68 bits per heavy atom. The van der Waals surface area contributed by atoms with Crippen molar-refractivity contribution in [2.75, 3.05) is 18.0 Å². The minimum atomic E-state index is -0.0843. The lowest BCUT2D eigenvalue weighted by Crippen LogP contribution is -2.29. The van der Waals surface area contributed by atoms with Gasteiger partial charge in [0.25, 0.3) is 0 Å². The van der Waals surface area contributed by atoms with Gasteiger partial charge in [0, 0.05) is 29.7 Å². The van der Waals surface area contributed by atoms with Crippen LogP contribution in [0.25, 0.3) is 0 Å². The summed E-state index contributed by atoms with van der Waals surface area (Å²) in [6, 6.07) is 5.47. The van der Waals surface area contributed by atoms with Gasteiger partial charge in [-0.2, -0.15) is 0 Å². The van der Waals surface area contributed by atoms with Gasteiger partial charge in [-0.3, -0.25) is 0 Å². The van der Waals surface area contributed by atoms with Crippen molar-refractivity contribution in [1.29, 1.82) is 0 Å². The predicted octanol–water partition coefficient (Wildman–Crippen LogP) is 4.88. The van der Waals surface area contributed by atoms with Crippen molar-refractivity contribution in [2.24, 2.45) is 5.41 Å². The summed E-state index contributed by atoms with van der Waals surface area (Å²) >= 11 is 3.43. The molecule has 1 aromatic carbocycles. The van der Waals surface area contributed by atoms with E-state index >= 15 is 0 Å². The molecule has 1 aromatic rings. The molecule has 0 amide bonds. The first-order chi connectivity index (χ1) is 9.24. The Labute approximate surface area is 123 Å². The largest absolute Gasteiger partial charge is 0.371 e. The zero-order valence-electron chi connectivity index (χ0n) is 11.3. The molecule has 1 nitrogen and oxygen atoms in total. The first kappa shape index (κ1) is 13.4. The summed E-state index contributed by atoms with van der Waals surface area (Å²) in [7, 11) is 0. The number of alkyl halides is 1. The van der Waals surface area contributed by atoms with Crippen LogP contribution in [0, 0.1) is 11.2 Å². The maximum absolute atomic E-state index is 13.9. The first-order valence-electron chi connectivity index (χ1n) is 7.32. The topological polar surface area (TPSA) is 3.24 Å². The Bertz CT molecular complexity index is 454. The van der Waals surface area contributed by atoms with Crippen molar-refractivity contribution in [3.8, 4) is 0 Å². The molecule has 1 spiro atoms. The Kier molecular flexibility index (Phi) is 3.84. The number of rotatable bonds is 2. The van der Waals surface area contributed by atoms with Crippen LogP contribution in [-0.2, 0) is 5.33 Å². The third-order valence-corrected chi connectivity index (χ3v) is 5.48. The van der Waals surface area contributed by atoms with Gasteiger partial charge in [0.1, 0.15) is 5.82 Å². The summed E-state index contributed by atoms with van der Waals surface area (Å²) < 4.78 is 13.9. The molecular formula is C16H21BrFN. The highest BCUT2D eigenvalue weighted by Crippen LogP contribution is 2.45. The van der Waals surface area contributed by atoms with Gasteiger partial charge in [0.2, 0.25) is 0 Å². The lowest BCUT2D eigenvalue weighted by atomic mass is 9.73. The molecule has 0 unspecified atom stereocenters. The molecule has 1 saturated heterocycles. The normalized spacial score (nSPS) is 22.1. The lowest BCUT2D eigenvalue weighted by molar-refractivity contribution is 0.219. The van der Waals surface area contributed by atoms with Gasteiger partial charge in [-0.25, -0.2) is 4.39 Å². The zero-order valence-corrected chi connectivity index (χ0v) is 12.9. The third-order valence-electron chi connectivity index (χ3n) is 4.92. The van der Waals surface area contributed by atoms with E-state index in [2.05, 4.69) is 26.9 Å². The van der Waals surface area contributed by atoms with Gasteiger partial charge in [-0.1, -0.05) is 41.3 Å². The number of benzene rings is 1. The quantitative estimate of drug-likeness (QED) is 0.700. The highest BCUT2D eigenvalue weighted by atomic mass is 79.9. The lowest BCUT2D eigenvalue weighted by Gasteiger charge is -2.33. The van der Waals surface area contributed by atoms with Gasteiger partial charge in [0.05, 0.1) is 0 Å². The van der Waals surface area contributed by atoms with E-state index in [4.69, 9.17) is 0 Å². The molecule has 2 fully saturated rings. The Morgan fingerprint density at radius 2 is 1.95 bits per heavy atom. The molecule has 1 aliphatic carbocycles. The second-order valence-electron chi connectivity index (χ2n) is 6.10. The SMILES string of the molecule is Fc1cccc(N2CCC3(CCCCC3)C2)c1CBr. The minimum Gasteiger partial charge on any atom is -0.371 e. The van der Waals surface area contributed by atoms with Gasteiger partial charge < -0.3 is 4.90 Å². The molecule has 3 heteroatoms. The zero-order chi connectivity index (χ0) is 13.3. The number of halogens is 2. The van der Waals surface area contributed by atoms with E-state index < -0.39 is 0 Å². The Morgan fingerprint density at radius 1 is 1.16 bits per heavy atom. The van der Waals surface area contributed by atoms with Crippen molar-refractivity contribution in [1.82, 2.24) is 0 Å². The van der Waals surface area contributed by atoms with E-state index in [1.54, 1.807) is 6.07 Å². The molecule has 3 rings (SSSR count). The predicted molar refractivity (Wildman–Crippen MR) is 81.4 cm³/mol. The van der Waals surface area contributed by atoms with E-state index in [1.165, 1.54) is 38.5 Å². The number of hydrogen-bond acceptors (Lipinski definition) is 1. The fourth-order valence-corrected chi connectivity index (χ4v) is 4.38. The Hall–Kier alpha value is -0.570. The minimum absolute atomic E-state index is 0.0843. The third kappa shape index (κ3) is 2.54. The van der Waals surface area contributed by atoms with Crippen LogP contribution in [0.2, 0.25) is 0 Å². The van der Waals surface area contributed by atoms with Crippen LogP contribution >= 0.6 is 15.9 Å². The molecule has 1 saturated carbocycles. The monoisotopic (exact) mass is 325 g/mol. The molecular weight excluding hydrogens is 305 g/mol. The van der Waals surface area contributed by atoms with Crippen molar-refractivity contribution in [3.05, 3.63) is 29.6 Å². The van der Waals surface area contributed by atoms with E-state index in [0.29, 0.717) is 10.7 Å². The summed E-state index contributed by atoms with van der Waals surface area (Å²) in [5, 5.41) is 0.596. The summed E-state index contributed by atoms with van der Waals surface area (Å²) in [5.74, 6) is -0.0843. The van der Waals surface area contributed by atoms with Crippen molar-refractivity contribution in [3.63, 3.8) is 0 Å². The van der Waals surface area contributed by atoms with Crippen LogP contribution in [-0.4, -0.2) is 13.1 Å². The standard InChI is InChI=1S/C16H21BrFN/c17-11-13-14(18)5-4-6-15(13)19-10-9-16(12-19)7-2-1-3-8-16/h4-6H,1-3,7-12H2. The highest BCUT2D eigenvalue weighted by molar-refractivity contribution is 9.08. The van der Waals surface area contributed by atoms with Gasteiger partial charge in [-0.05, 0) is 36.8 Å². The summed E-state index contributed by atoms with van der Waals surface area (Å²) in [6.45, 7) is 2.21. The molecule has 1 heterocycles. The molecule has 0 atom stereocenters.